The van der Waals surface area contributed by atoms with E-state index in [1.165, 1.54) is 12.1 Å². The first-order chi connectivity index (χ1) is 20.4. The van der Waals surface area contributed by atoms with Crippen LogP contribution in [-0.2, 0) is 5.41 Å². The van der Waals surface area contributed by atoms with Crippen molar-refractivity contribution < 1.29 is 27.2 Å². The molecule has 1 N–H and O–H groups in total. The van der Waals surface area contributed by atoms with Crippen molar-refractivity contribution in [2.75, 3.05) is 13.6 Å². The van der Waals surface area contributed by atoms with E-state index in [0.717, 1.165) is 31.7 Å². The van der Waals surface area contributed by atoms with Gasteiger partial charge in [-0.2, -0.15) is 15.0 Å². The number of aromatic nitrogens is 4. The summed E-state index contributed by atoms with van der Waals surface area (Å²) in [6.45, 7) is 13.9. The van der Waals surface area contributed by atoms with E-state index < -0.39 is 23.2 Å². The zero-order valence-corrected chi connectivity index (χ0v) is 26.6. The van der Waals surface area contributed by atoms with Crippen molar-refractivity contribution in [2.24, 2.45) is 11.8 Å². The number of benzene rings is 1. The Morgan fingerprint density at radius 2 is 1.65 bits per heavy atom. The Morgan fingerprint density at radius 3 is 2.28 bits per heavy atom. The summed E-state index contributed by atoms with van der Waals surface area (Å²) in [5, 5.41) is 6.94. The summed E-state index contributed by atoms with van der Waals surface area (Å²) in [4.78, 5) is 13.6. The monoisotopic (exact) mass is 605 g/mol. The minimum Gasteiger partial charge on any atom is -0.474 e. The van der Waals surface area contributed by atoms with Gasteiger partial charge in [0.25, 0.3) is 0 Å². The molecular weight excluding hydrogens is 559 g/mol. The SMILES string of the molecule is CCC[C@@H](C[C@H](C)CC)Oc1cc(O[C@@H](C)[C@@H](C)C[C@@H](F)CNC)nc(-c2noc(C(C)(C)c3ccc(F)cc3F)n2)n1. The third kappa shape index (κ3) is 9.39. The average molecular weight is 606 g/mol. The van der Waals surface area contributed by atoms with Gasteiger partial charge in [0.2, 0.25) is 29.3 Å². The molecule has 8 nitrogen and oxygen atoms in total. The van der Waals surface area contributed by atoms with E-state index in [1.54, 1.807) is 27.0 Å². The van der Waals surface area contributed by atoms with Crippen LogP contribution < -0.4 is 14.8 Å². The second-order valence-electron chi connectivity index (χ2n) is 12.0. The number of hydrogen-bond acceptors (Lipinski definition) is 8. The molecule has 0 saturated carbocycles. The zero-order valence-electron chi connectivity index (χ0n) is 26.6. The van der Waals surface area contributed by atoms with E-state index in [9.17, 15) is 13.2 Å². The molecule has 3 rings (SSSR count). The van der Waals surface area contributed by atoms with Crippen LogP contribution in [0, 0.1) is 23.5 Å². The van der Waals surface area contributed by atoms with Gasteiger partial charge in [-0.3, -0.25) is 0 Å². The summed E-state index contributed by atoms with van der Waals surface area (Å²) in [6.07, 6.45) is 2.56. The minimum atomic E-state index is -1.07. The second kappa shape index (κ2) is 15.5. The largest absolute Gasteiger partial charge is 0.474 e. The summed E-state index contributed by atoms with van der Waals surface area (Å²) in [6, 6.07) is 4.99. The van der Waals surface area contributed by atoms with E-state index in [1.807, 2.05) is 13.8 Å². The predicted molar refractivity (Wildman–Crippen MR) is 160 cm³/mol. The highest BCUT2D eigenvalue weighted by atomic mass is 19.1. The Kier molecular flexibility index (Phi) is 12.4. The molecule has 5 atom stereocenters. The van der Waals surface area contributed by atoms with Gasteiger partial charge in [-0.1, -0.05) is 51.8 Å². The van der Waals surface area contributed by atoms with E-state index in [-0.39, 0.29) is 53.7 Å². The molecule has 0 bridgehead atoms. The van der Waals surface area contributed by atoms with Crippen molar-refractivity contribution in [2.45, 2.75) is 104 Å². The van der Waals surface area contributed by atoms with Crippen LogP contribution >= 0.6 is 0 Å². The number of rotatable bonds is 17. The van der Waals surface area contributed by atoms with Gasteiger partial charge in [0, 0.05) is 18.2 Å². The fourth-order valence-corrected chi connectivity index (χ4v) is 4.84. The van der Waals surface area contributed by atoms with Crippen molar-refractivity contribution >= 4 is 0 Å². The van der Waals surface area contributed by atoms with Crippen molar-refractivity contribution in [1.82, 2.24) is 25.4 Å². The predicted octanol–water partition coefficient (Wildman–Crippen LogP) is 7.47. The van der Waals surface area contributed by atoms with Crippen LogP contribution in [0.3, 0.4) is 0 Å². The van der Waals surface area contributed by atoms with Gasteiger partial charge in [0.1, 0.15) is 30.0 Å². The van der Waals surface area contributed by atoms with Crippen molar-refractivity contribution in [3.63, 3.8) is 0 Å². The molecule has 1 aromatic carbocycles. The van der Waals surface area contributed by atoms with Crippen LogP contribution in [-0.4, -0.2) is 52.1 Å². The molecule has 2 aromatic heterocycles. The second-order valence-corrected chi connectivity index (χ2v) is 12.0. The van der Waals surface area contributed by atoms with Crippen LogP contribution in [0.5, 0.6) is 11.8 Å². The molecule has 11 heteroatoms. The highest BCUT2D eigenvalue weighted by Crippen LogP contribution is 2.34. The van der Waals surface area contributed by atoms with Gasteiger partial charge in [-0.15, -0.1) is 0 Å². The fourth-order valence-electron chi connectivity index (χ4n) is 4.84. The molecule has 0 saturated heterocycles. The molecule has 0 radical (unpaired) electrons. The molecule has 238 valence electrons. The van der Waals surface area contributed by atoms with Crippen molar-refractivity contribution in [1.29, 1.82) is 0 Å². The zero-order chi connectivity index (χ0) is 31.7. The Labute approximate surface area is 253 Å². The van der Waals surface area contributed by atoms with Gasteiger partial charge in [0.05, 0.1) is 11.5 Å². The van der Waals surface area contributed by atoms with Gasteiger partial charge < -0.3 is 19.3 Å². The van der Waals surface area contributed by atoms with Crippen LogP contribution in [0.4, 0.5) is 13.2 Å². The molecular formula is C32H46F3N5O3. The van der Waals surface area contributed by atoms with E-state index >= 15 is 0 Å². The maximum atomic E-state index is 14.7. The highest BCUT2D eigenvalue weighted by molar-refractivity contribution is 5.46. The molecule has 2 heterocycles. The molecule has 0 fully saturated rings. The maximum Gasteiger partial charge on any atom is 0.240 e. The quantitative estimate of drug-likeness (QED) is 0.169. The molecule has 0 aliphatic heterocycles. The van der Waals surface area contributed by atoms with E-state index in [2.05, 4.69) is 46.2 Å². The Morgan fingerprint density at radius 1 is 0.953 bits per heavy atom. The summed E-state index contributed by atoms with van der Waals surface area (Å²) >= 11 is 0. The topological polar surface area (TPSA) is 95.2 Å². The average Bonchev–Trinajstić information content (AvgIpc) is 3.44. The first-order valence-corrected chi connectivity index (χ1v) is 15.2. The van der Waals surface area contributed by atoms with Crippen LogP contribution in [0.1, 0.15) is 92.0 Å². The lowest BCUT2D eigenvalue weighted by atomic mass is 9.84. The van der Waals surface area contributed by atoms with E-state index in [4.69, 9.17) is 14.0 Å². The molecule has 0 unspecified atom stereocenters. The third-order valence-corrected chi connectivity index (χ3v) is 7.87. The number of nitrogens with one attached hydrogen (secondary N) is 1. The summed E-state index contributed by atoms with van der Waals surface area (Å²) < 4.78 is 60.6. The minimum absolute atomic E-state index is 0.0633. The van der Waals surface area contributed by atoms with Crippen LogP contribution in [0.15, 0.2) is 28.8 Å². The number of hydrogen-bond donors (Lipinski definition) is 1. The molecule has 0 amide bonds. The molecule has 0 spiro atoms. The standard InChI is InChI=1S/C32H46F3N5O3/c1-9-11-24(14-19(3)10-2)42-28-17-27(41-21(5)20(4)15-23(34)18-36-8)37-29(38-28)30-39-31(43-40-30)32(6,7)25-13-12-22(33)16-26(25)35/h12-13,16-17,19-21,23-24,36H,9-11,14-15,18H2,1-8H3/t19-,20+,21+,23-,24+/m1/s1. The molecule has 3 aromatic rings. The summed E-state index contributed by atoms with van der Waals surface area (Å²) in [5.41, 5.74) is -0.870. The first-order valence-electron chi connectivity index (χ1n) is 15.2. The Bertz CT molecular complexity index is 1310. The lowest BCUT2D eigenvalue weighted by Crippen LogP contribution is -2.28. The number of nitrogens with zero attached hydrogens (tertiary/aromatic N) is 4. The summed E-state index contributed by atoms with van der Waals surface area (Å²) in [7, 11) is 1.72. The third-order valence-electron chi connectivity index (χ3n) is 7.87. The highest BCUT2D eigenvalue weighted by Gasteiger charge is 2.33. The van der Waals surface area contributed by atoms with Crippen LogP contribution in [0.2, 0.25) is 0 Å². The smallest absolute Gasteiger partial charge is 0.240 e. The van der Waals surface area contributed by atoms with Gasteiger partial charge in [-0.05, 0) is 65.0 Å². The van der Waals surface area contributed by atoms with Crippen molar-refractivity contribution in [3.05, 3.63) is 47.4 Å². The lowest BCUT2D eigenvalue weighted by Gasteiger charge is -2.24. The normalized spacial score (nSPS) is 15.5. The molecule has 0 aliphatic carbocycles. The Balaban J connectivity index is 1.96. The summed E-state index contributed by atoms with van der Waals surface area (Å²) in [5.74, 6) is -0.225. The fraction of sp³-hybridized carbons (Fsp3) is 0.625. The van der Waals surface area contributed by atoms with Gasteiger partial charge in [-0.25, -0.2) is 13.2 Å². The van der Waals surface area contributed by atoms with E-state index in [0.29, 0.717) is 18.2 Å². The van der Waals surface area contributed by atoms with Gasteiger partial charge in [0.15, 0.2) is 0 Å². The van der Waals surface area contributed by atoms with Crippen LogP contribution in [0.25, 0.3) is 11.6 Å². The lowest BCUT2D eigenvalue weighted by molar-refractivity contribution is 0.123. The maximum absolute atomic E-state index is 14.7. The first kappa shape index (κ1) is 34.3. The number of alkyl halides is 1. The number of halogens is 3. The Hall–Kier alpha value is -3.21. The van der Waals surface area contributed by atoms with Gasteiger partial charge >= 0.3 is 0 Å². The molecule has 0 aliphatic rings. The number of ether oxygens (including phenoxy) is 2. The van der Waals surface area contributed by atoms with Crippen molar-refractivity contribution in [3.8, 4) is 23.4 Å². The molecule has 43 heavy (non-hydrogen) atoms.